The Labute approximate surface area is 141 Å². The van der Waals surface area contributed by atoms with Gasteiger partial charge in [-0.3, -0.25) is 0 Å². The van der Waals surface area contributed by atoms with E-state index in [1.807, 2.05) is 11.3 Å². The number of hydrogen-bond donors (Lipinski definition) is 0. The lowest BCUT2D eigenvalue weighted by Gasteiger charge is -2.14. The normalized spacial score (nSPS) is 11.2. The Morgan fingerprint density at radius 2 is 1.91 bits per heavy atom. The summed E-state index contributed by atoms with van der Waals surface area (Å²) in [5.41, 5.74) is 4.78. The predicted octanol–water partition coefficient (Wildman–Crippen LogP) is 3.45. The van der Waals surface area contributed by atoms with Gasteiger partial charge in [0.15, 0.2) is 0 Å². The lowest BCUT2D eigenvalue weighted by atomic mass is 10.1. The first-order chi connectivity index (χ1) is 11.0. The van der Waals surface area contributed by atoms with Crippen molar-refractivity contribution in [2.24, 2.45) is 0 Å². The predicted molar refractivity (Wildman–Crippen MR) is 102 cm³/mol. The van der Waals surface area contributed by atoms with Gasteiger partial charge in [-0.2, -0.15) is 0 Å². The lowest BCUT2D eigenvalue weighted by Crippen LogP contribution is -2.26. The van der Waals surface area contributed by atoms with Crippen LogP contribution in [0.25, 0.3) is 20.8 Å². The third-order valence-electron chi connectivity index (χ3n) is 4.08. The van der Waals surface area contributed by atoms with E-state index in [1.165, 1.54) is 26.2 Å². The summed E-state index contributed by atoms with van der Waals surface area (Å²) in [6.45, 7) is 2.23. The van der Waals surface area contributed by atoms with Gasteiger partial charge >= 0.3 is 0 Å². The minimum absolute atomic E-state index is 1.08. The molecule has 0 radical (unpaired) electrons. The summed E-state index contributed by atoms with van der Waals surface area (Å²) < 4.78 is 3.44. The maximum absolute atomic E-state index is 4.89. The molecule has 120 valence electrons. The Balaban J connectivity index is 2.30. The first-order valence-corrected chi connectivity index (χ1v) is 8.86. The number of aromatic nitrogens is 1. The highest BCUT2D eigenvalue weighted by atomic mass is 32.1. The summed E-state index contributed by atoms with van der Waals surface area (Å²) in [6.07, 6.45) is 2.24. The number of fused-ring (bicyclic) bond motifs is 2. The molecule has 23 heavy (non-hydrogen) atoms. The van der Waals surface area contributed by atoms with E-state index in [0.29, 0.717) is 0 Å². The minimum Gasteiger partial charge on any atom is -0.378 e. The summed E-state index contributed by atoms with van der Waals surface area (Å²) in [5, 5.41) is 1.31. The van der Waals surface area contributed by atoms with Crippen molar-refractivity contribution in [1.29, 1.82) is 0 Å². The molecule has 1 aromatic rings. The molecule has 0 saturated carbocycles. The molecule has 0 saturated heterocycles. The zero-order valence-corrected chi connectivity index (χ0v) is 15.4. The van der Waals surface area contributed by atoms with Gasteiger partial charge in [0.25, 0.3) is 0 Å². The van der Waals surface area contributed by atoms with Crippen LogP contribution in [-0.4, -0.2) is 33.2 Å². The van der Waals surface area contributed by atoms with Crippen molar-refractivity contribution in [3.63, 3.8) is 0 Å². The maximum atomic E-state index is 4.89. The molecule has 0 amide bonds. The SMILES string of the molecule is CCCc1cc2nc3ccc(N(C)C)cc3sc-2cc1=[N+](C)C. The quantitative estimate of drug-likeness (QED) is 0.542. The minimum atomic E-state index is 1.08. The standard InChI is InChI=1S/C19H24N3S/c1-6-7-13-10-16-19(12-17(13)22(4)5)23-18-11-14(21(2)3)8-9-15(18)20-16/h8-12H,6-7H2,1-5H3/q+1. The zero-order valence-electron chi connectivity index (χ0n) is 14.6. The molecule has 3 nitrogen and oxygen atoms in total. The molecule has 1 aliphatic carbocycles. The fourth-order valence-corrected chi connectivity index (χ4v) is 3.87. The highest BCUT2D eigenvalue weighted by molar-refractivity contribution is 7.21. The maximum Gasteiger partial charge on any atom is 0.204 e. The molecule has 0 fully saturated rings. The van der Waals surface area contributed by atoms with Crippen LogP contribution in [0.5, 0.6) is 0 Å². The summed E-state index contributed by atoms with van der Waals surface area (Å²) in [6, 6.07) is 11.0. The van der Waals surface area contributed by atoms with E-state index in [1.54, 1.807) is 0 Å². The molecular formula is C19H24N3S+. The van der Waals surface area contributed by atoms with E-state index in [9.17, 15) is 0 Å². The van der Waals surface area contributed by atoms with Crippen molar-refractivity contribution in [3.8, 4) is 10.6 Å². The molecule has 0 N–H and O–H groups in total. The molecule has 3 rings (SSSR count). The van der Waals surface area contributed by atoms with Gasteiger partial charge in [0, 0.05) is 31.4 Å². The highest BCUT2D eigenvalue weighted by Gasteiger charge is 2.13. The van der Waals surface area contributed by atoms with Crippen LogP contribution in [0.3, 0.4) is 0 Å². The third kappa shape index (κ3) is 3.08. The van der Waals surface area contributed by atoms with Crippen LogP contribution in [0.2, 0.25) is 0 Å². The van der Waals surface area contributed by atoms with Gasteiger partial charge in [0.1, 0.15) is 14.1 Å². The number of benzene rings is 2. The van der Waals surface area contributed by atoms with Crippen LogP contribution in [-0.2, 0) is 6.42 Å². The van der Waals surface area contributed by atoms with Crippen molar-refractivity contribution in [3.05, 3.63) is 41.3 Å². The molecule has 0 bridgehead atoms. The lowest BCUT2D eigenvalue weighted by molar-refractivity contribution is 0.785. The van der Waals surface area contributed by atoms with E-state index in [0.717, 1.165) is 24.1 Å². The van der Waals surface area contributed by atoms with Crippen molar-refractivity contribution in [1.82, 2.24) is 9.56 Å². The average molecular weight is 326 g/mol. The number of rotatable bonds is 3. The molecule has 1 heterocycles. The van der Waals surface area contributed by atoms with E-state index < -0.39 is 0 Å². The fourth-order valence-electron chi connectivity index (χ4n) is 2.86. The van der Waals surface area contributed by atoms with Crippen molar-refractivity contribution >= 4 is 27.2 Å². The summed E-state index contributed by atoms with van der Waals surface area (Å²) in [4.78, 5) is 8.27. The van der Waals surface area contributed by atoms with E-state index in [4.69, 9.17) is 4.98 Å². The molecule has 2 aliphatic rings. The summed E-state index contributed by atoms with van der Waals surface area (Å²) >= 11 is 1.83. The number of nitrogens with zero attached hydrogens (tertiary/aromatic N) is 3. The summed E-state index contributed by atoms with van der Waals surface area (Å²) in [7, 11) is 8.37. The second-order valence-electron chi connectivity index (χ2n) is 6.35. The highest BCUT2D eigenvalue weighted by Crippen LogP contribution is 2.32. The van der Waals surface area contributed by atoms with Gasteiger partial charge in [-0.05, 0) is 30.7 Å². The van der Waals surface area contributed by atoms with Crippen LogP contribution in [0.15, 0.2) is 30.3 Å². The smallest absolute Gasteiger partial charge is 0.204 e. The van der Waals surface area contributed by atoms with Crippen LogP contribution in [0.1, 0.15) is 18.9 Å². The number of aryl methyl sites for hydroxylation is 1. The first-order valence-electron chi connectivity index (χ1n) is 8.04. The molecule has 0 atom stereocenters. The van der Waals surface area contributed by atoms with Crippen molar-refractivity contribution < 1.29 is 0 Å². The Bertz CT molecular complexity index is 889. The molecule has 4 heteroatoms. The summed E-state index contributed by atoms with van der Waals surface area (Å²) in [5.74, 6) is 0. The van der Waals surface area contributed by atoms with Gasteiger partial charge in [-0.15, -0.1) is 11.3 Å². The Morgan fingerprint density at radius 3 is 2.57 bits per heavy atom. The van der Waals surface area contributed by atoms with E-state index >= 15 is 0 Å². The Morgan fingerprint density at radius 1 is 1.13 bits per heavy atom. The largest absolute Gasteiger partial charge is 0.378 e. The van der Waals surface area contributed by atoms with Crippen molar-refractivity contribution in [2.45, 2.75) is 19.8 Å². The van der Waals surface area contributed by atoms with Crippen LogP contribution in [0, 0.1) is 0 Å². The molecule has 0 unspecified atom stereocenters. The van der Waals surface area contributed by atoms with Gasteiger partial charge in [-0.1, -0.05) is 13.3 Å². The van der Waals surface area contributed by atoms with Gasteiger partial charge in [-0.25, -0.2) is 9.56 Å². The molecular weight excluding hydrogens is 302 g/mol. The topological polar surface area (TPSA) is 19.1 Å². The van der Waals surface area contributed by atoms with Gasteiger partial charge in [0.2, 0.25) is 5.36 Å². The van der Waals surface area contributed by atoms with E-state index in [2.05, 4.69) is 74.9 Å². The van der Waals surface area contributed by atoms with Crippen LogP contribution >= 0.6 is 11.3 Å². The average Bonchev–Trinajstić information content (AvgIpc) is 2.51. The third-order valence-corrected chi connectivity index (χ3v) is 5.18. The Kier molecular flexibility index (Phi) is 4.35. The zero-order chi connectivity index (χ0) is 16.6. The number of hydrogen-bond acceptors (Lipinski definition) is 3. The molecule has 0 aromatic heterocycles. The van der Waals surface area contributed by atoms with Gasteiger partial charge < -0.3 is 4.90 Å². The van der Waals surface area contributed by atoms with Crippen LogP contribution in [0.4, 0.5) is 5.69 Å². The fraction of sp³-hybridized carbons (Fsp3) is 0.368. The first kappa shape index (κ1) is 15.9. The Hall–Kier alpha value is -1.94. The monoisotopic (exact) mass is 326 g/mol. The van der Waals surface area contributed by atoms with Crippen LogP contribution < -0.4 is 14.8 Å². The number of anilines is 1. The second-order valence-corrected chi connectivity index (χ2v) is 7.44. The van der Waals surface area contributed by atoms with E-state index in [-0.39, 0.29) is 0 Å². The van der Waals surface area contributed by atoms with Gasteiger partial charge in [0.05, 0.1) is 20.8 Å². The van der Waals surface area contributed by atoms with Crippen molar-refractivity contribution in [2.75, 3.05) is 33.1 Å². The molecule has 1 aromatic carbocycles. The second kappa shape index (κ2) is 6.28. The molecule has 1 aliphatic heterocycles. The molecule has 0 spiro atoms.